The third kappa shape index (κ3) is 4.42. The Morgan fingerprint density at radius 2 is 1.96 bits per heavy atom. The van der Waals surface area contributed by atoms with E-state index in [2.05, 4.69) is 4.98 Å². The number of carbonyl (C=O) groups is 1. The largest absolute Gasteiger partial charge is 0.497 e. The van der Waals surface area contributed by atoms with Crippen LogP contribution in [0.4, 0.5) is 13.2 Å². The number of aromatic nitrogens is 1. The van der Waals surface area contributed by atoms with Crippen LogP contribution in [0.5, 0.6) is 5.75 Å². The lowest BCUT2D eigenvalue weighted by Gasteiger charge is -2.11. The first-order valence-corrected chi connectivity index (χ1v) is 7.79. The van der Waals surface area contributed by atoms with Gasteiger partial charge in [0.15, 0.2) is 5.78 Å². The van der Waals surface area contributed by atoms with Crippen LogP contribution in [0.25, 0.3) is 0 Å². The summed E-state index contributed by atoms with van der Waals surface area (Å²) in [4.78, 5) is 25.7. The second-order valence-electron chi connectivity index (χ2n) is 4.80. The van der Waals surface area contributed by atoms with Crippen molar-refractivity contribution in [3.63, 3.8) is 0 Å². The second kappa shape index (κ2) is 7.44. The number of benzene rings is 1. The number of ether oxygens (including phenoxy) is 1. The number of Topliss-reactive ketones (excluding diaryl/α,β-unsaturated/α-hetero) is 1. The molecule has 0 radical (unpaired) electrons. The molecule has 0 bridgehead atoms. The molecule has 5 nitrogen and oxygen atoms in total. The van der Waals surface area contributed by atoms with Gasteiger partial charge in [0.05, 0.1) is 29.0 Å². The highest BCUT2D eigenvalue weighted by molar-refractivity contribution is 8.00. The zero-order valence-corrected chi connectivity index (χ0v) is 13.6. The zero-order chi connectivity index (χ0) is 18.6. The quantitative estimate of drug-likeness (QED) is 0.647. The monoisotopic (exact) mass is 368 g/mol. The number of alkyl halides is 3. The molecule has 0 atom stereocenters. The number of halogens is 3. The molecule has 0 aliphatic rings. The number of hydrogen-bond acceptors (Lipinski definition) is 5. The molecule has 0 saturated carbocycles. The number of rotatable bonds is 5. The normalized spacial score (nSPS) is 11.0. The van der Waals surface area contributed by atoms with Crippen LogP contribution in [-0.4, -0.2) is 23.6 Å². The summed E-state index contributed by atoms with van der Waals surface area (Å²) in [5.74, 6) is -0.0499. The van der Waals surface area contributed by atoms with E-state index in [9.17, 15) is 22.8 Å². The predicted molar refractivity (Wildman–Crippen MR) is 84.8 cm³/mol. The van der Waals surface area contributed by atoms with E-state index in [-0.39, 0.29) is 16.6 Å². The summed E-state index contributed by atoms with van der Waals surface area (Å²) < 4.78 is 43.8. The molecule has 130 valence electrons. The first-order valence-electron chi connectivity index (χ1n) is 6.81. The van der Waals surface area contributed by atoms with Crippen molar-refractivity contribution < 1.29 is 22.7 Å². The average molecular weight is 368 g/mol. The summed E-state index contributed by atoms with van der Waals surface area (Å²) in [6, 6.07) is 7.94. The molecule has 0 amide bonds. The number of ketones is 1. The third-order valence-corrected chi connectivity index (χ3v) is 4.19. The van der Waals surface area contributed by atoms with Crippen molar-refractivity contribution in [3.8, 4) is 11.8 Å². The van der Waals surface area contributed by atoms with Gasteiger partial charge in [0.1, 0.15) is 11.8 Å². The lowest BCUT2D eigenvalue weighted by Crippen LogP contribution is -2.17. The summed E-state index contributed by atoms with van der Waals surface area (Å²) in [6.45, 7) is 0. The summed E-state index contributed by atoms with van der Waals surface area (Å²) in [6.07, 6.45) is -4.84. The Kier molecular flexibility index (Phi) is 5.54. The zero-order valence-electron chi connectivity index (χ0n) is 12.8. The van der Waals surface area contributed by atoms with Gasteiger partial charge in [-0.2, -0.15) is 18.4 Å². The van der Waals surface area contributed by atoms with Crippen LogP contribution >= 0.6 is 11.8 Å². The predicted octanol–water partition coefficient (Wildman–Crippen LogP) is 3.25. The molecule has 1 N–H and O–H groups in total. The standard InChI is InChI=1S/C16H11F3N2O3S/c1-24-10-4-2-9(3-5-10)13(22)8-25-15-11(7-20)12(16(17,18)19)6-14(23)21-15/h2-6H,8H2,1H3,(H,21,23). The van der Waals surface area contributed by atoms with E-state index in [0.29, 0.717) is 29.1 Å². The number of H-pyrrole nitrogens is 1. The molecule has 0 aliphatic carbocycles. The van der Waals surface area contributed by atoms with Crippen molar-refractivity contribution in [3.05, 3.63) is 57.4 Å². The first kappa shape index (κ1) is 18.6. The van der Waals surface area contributed by atoms with Crippen molar-refractivity contribution in [2.24, 2.45) is 0 Å². The summed E-state index contributed by atoms with van der Waals surface area (Å²) >= 11 is 0.670. The lowest BCUT2D eigenvalue weighted by atomic mass is 10.1. The van der Waals surface area contributed by atoms with Crippen molar-refractivity contribution in [2.45, 2.75) is 11.2 Å². The number of hydrogen-bond donors (Lipinski definition) is 1. The van der Waals surface area contributed by atoms with Gasteiger partial charge in [-0.15, -0.1) is 0 Å². The fraction of sp³-hybridized carbons (Fsp3) is 0.188. The maximum atomic E-state index is 12.9. The van der Waals surface area contributed by atoms with Gasteiger partial charge in [0.2, 0.25) is 5.56 Å². The van der Waals surface area contributed by atoms with E-state index < -0.39 is 22.9 Å². The Balaban J connectivity index is 2.25. The highest BCUT2D eigenvalue weighted by Gasteiger charge is 2.35. The summed E-state index contributed by atoms with van der Waals surface area (Å²) in [5.41, 5.74) is -2.69. The lowest BCUT2D eigenvalue weighted by molar-refractivity contribution is -0.138. The van der Waals surface area contributed by atoms with Gasteiger partial charge in [-0.1, -0.05) is 11.8 Å². The van der Waals surface area contributed by atoms with E-state index in [1.807, 2.05) is 0 Å². The van der Waals surface area contributed by atoms with Gasteiger partial charge in [0.25, 0.3) is 0 Å². The molecule has 0 fully saturated rings. The van der Waals surface area contributed by atoms with Crippen molar-refractivity contribution in [1.82, 2.24) is 4.98 Å². The van der Waals surface area contributed by atoms with E-state index in [1.54, 1.807) is 12.1 Å². The first-order chi connectivity index (χ1) is 11.8. The SMILES string of the molecule is COc1ccc(C(=O)CSc2[nH]c(=O)cc(C(F)(F)F)c2C#N)cc1. The molecule has 2 aromatic rings. The van der Waals surface area contributed by atoms with Gasteiger partial charge in [0, 0.05) is 11.6 Å². The van der Waals surface area contributed by atoms with Crippen molar-refractivity contribution in [1.29, 1.82) is 5.26 Å². The molecule has 0 saturated heterocycles. The van der Waals surface area contributed by atoms with Crippen LogP contribution in [0, 0.1) is 11.3 Å². The number of carbonyl (C=O) groups excluding carboxylic acids is 1. The van der Waals surface area contributed by atoms with Gasteiger partial charge in [-0.25, -0.2) is 0 Å². The molecule has 0 aliphatic heterocycles. The number of nitriles is 1. The molecular weight excluding hydrogens is 357 g/mol. The Hall–Kier alpha value is -2.73. The molecule has 25 heavy (non-hydrogen) atoms. The van der Waals surface area contributed by atoms with E-state index in [1.165, 1.54) is 25.3 Å². The molecule has 1 aromatic carbocycles. The van der Waals surface area contributed by atoms with Crippen LogP contribution in [0.1, 0.15) is 21.5 Å². The highest BCUT2D eigenvalue weighted by atomic mass is 32.2. The fourth-order valence-corrected chi connectivity index (χ4v) is 2.89. The molecule has 2 rings (SSSR count). The second-order valence-corrected chi connectivity index (χ2v) is 5.79. The third-order valence-electron chi connectivity index (χ3n) is 3.19. The average Bonchev–Trinajstić information content (AvgIpc) is 2.58. The van der Waals surface area contributed by atoms with E-state index in [4.69, 9.17) is 10.00 Å². The van der Waals surface area contributed by atoms with Crippen LogP contribution in [-0.2, 0) is 6.18 Å². The van der Waals surface area contributed by atoms with Gasteiger partial charge < -0.3 is 9.72 Å². The van der Waals surface area contributed by atoms with Crippen LogP contribution in [0.2, 0.25) is 0 Å². The smallest absolute Gasteiger partial charge is 0.417 e. The van der Waals surface area contributed by atoms with Gasteiger partial charge >= 0.3 is 6.18 Å². The highest BCUT2D eigenvalue weighted by Crippen LogP contribution is 2.34. The van der Waals surface area contributed by atoms with Crippen LogP contribution < -0.4 is 10.3 Å². The molecule has 9 heteroatoms. The minimum absolute atomic E-state index is 0.238. The Morgan fingerprint density at radius 3 is 2.48 bits per heavy atom. The van der Waals surface area contributed by atoms with E-state index >= 15 is 0 Å². The fourth-order valence-electron chi connectivity index (χ4n) is 1.98. The molecule has 0 unspecified atom stereocenters. The van der Waals surface area contributed by atoms with E-state index in [0.717, 1.165) is 0 Å². The number of thioether (sulfide) groups is 1. The summed E-state index contributed by atoms with van der Waals surface area (Å²) in [5, 5.41) is 8.72. The molecule has 1 aromatic heterocycles. The minimum atomic E-state index is -4.84. The molecular formula is C16H11F3N2O3S. The number of pyridine rings is 1. The molecule has 0 spiro atoms. The topological polar surface area (TPSA) is 83.0 Å². The maximum Gasteiger partial charge on any atom is 0.417 e. The Bertz CT molecular complexity index is 883. The Morgan fingerprint density at radius 1 is 1.32 bits per heavy atom. The van der Waals surface area contributed by atoms with Gasteiger partial charge in [-0.05, 0) is 24.3 Å². The number of nitrogens with one attached hydrogen (secondary N) is 1. The number of methoxy groups -OCH3 is 1. The number of nitrogens with zero attached hydrogens (tertiary/aromatic N) is 1. The van der Waals surface area contributed by atoms with Crippen LogP contribution in [0.15, 0.2) is 40.2 Å². The number of aromatic amines is 1. The van der Waals surface area contributed by atoms with Gasteiger partial charge in [-0.3, -0.25) is 9.59 Å². The van der Waals surface area contributed by atoms with Crippen molar-refractivity contribution in [2.75, 3.05) is 12.9 Å². The Labute approximate surface area is 144 Å². The molecule has 1 heterocycles. The van der Waals surface area contributed by atoms with Crippen molar-refractivity contribution >= 4 is 17.5 Å². The summed E-state index contributed by atoms with van der Waals surface area (Å²) in [7, 11) is 1.47. The maximum absolute atomic E-state index is 12.9. The minimum Gasteiger partial charge on any atom is -0.497 e. The van der Waals surface area contributed by atoms with Crippen LogP contribution in [0.3, 0.4) is 0 Å².